The molecule has 8 nitrogen and oxygen atoms in total. The molecule has 6 aromatic heterocycles. The molecular formula is C51H50N8S6. The Kier molecular flexibility index (Phi) is 11.6. The average Bonchev–Trinajstić information content (AvgIpc) is 4.19. The van der Waals surface area contributed by atoms with Crippen LogP contribution >= 0.6 is 68.8 Å². The number of nitrogen functional groups attached to an aromatic ring is 2. The summed E-state index contributed by atoms with van der Waals surface area (Å²) < 4.78 is 22.0. The number of benzene rings is 4. The smallest absolute Gasteiger partial charge is 0.126 e. The van der Waals surface area contributed by atoms with Gasteiger partial charge in [0.1, 0.15) is 32.1 Å². The van der Waals surface area contributed by atoms with Crippen LogP contribution < -0.4 is 11.5 Å². The summed E-state index contributed by atoms with van der Waals surface area (Å²) in [7, 11) is 0. The van der Waals surface area contributed by atoms with Crippen molar-refractivity contribution < 1.29 is 0 Å². The molecule has 0 fully saturated rings. The van der Waals surface area contributed by atoms with Gasteiger partial charge in [-0.1, -0.05) is 103 Å². The van der Waals surface area contributed by atoms with Gasteiger partial charge in [0, 0.05) is 58.6 Å². The third-order valence-electron chi connectivity index (χ3n) is 13.7. The largest absolute Gasteiger partial charge is 0.398 e. The van der Waals surface area contributed by atoms with E-state index >= 15 is 0 Å². The summed E-state index contributed by atoms with van der Waals surface area (Å²) in [5, 5.41) is 1.83. The van der Waals surface area contributed by atoms with Crippen molar-refractivity contribution in [3.63, 3.8) is 0 Å². The van der Waals surface area contributed by atoms with Crippen LogP contribution in [-0.4, -0.2) is 27.5 Å². The maximum absolute atomic E-state index is 7.21. The van der Waals surface area contributed by atoms with E-state index in [1.165, 1.54) is 82.9 Å². The number of unbranched alkanes of at least 4 members (excludes halogenated alkanes) is 2. The van der Waals surface area contributed by atoms with Gasteiger partial charge >= 0.3 is 0 Å². The number of nitrogens with two attached hydrogens (primary N) is 2. The van der Waals surface area contributed by atoms with Gasteiger partial charge in [-0.05, 0) is 84.3 Å². The molecule has 0 bridgehead atoms. The normalized spacial score (nSPS) is 14.3. The Bertz CT molecular complexity index is 3080. The molecule has 65 heavy (non-hydrogen) atoms. The van der Waals surface area contributed by atoms with Gasteiger partial charge in [0.2, 0.25) is 0 Å². The monoisotopic (exact) mass is 966 g/mol. The van der Waals surface area contributed by atoms with Crippen LogP contribution in [0.25, 0.3) is 94.3 Å². The highest BCUT2D eigenvalue weighted by molar-refractivity contribution is 7.26. The van der Waals surface area contributed by atoms with E-state index in [-0.39, 0.29) is 5.41 Å². The average molecular weight is 967 g/mol. The Morgan fingerprint density at radius 2 is 0.969 bits per heavy atom. The van der Waals surface area contributed by atoms with E-state index in [0.717, 1.165) is 110 Å². The highest BCUT2D eigenvalue weighted by Gasteiger charge is 2.48. The third kappa shape index (κ3) is 7.30. The number of hydrogen-bond acceptors (Lipinski definition) is 14. The van der Waals surface area contributed by atoms with Crippen molar-refractivity contribution in [1.29, 1.82) is 0 Å². The number of nitrogens with zero attached hydrogens (tertiary/aromatic N) is 6. The van der Waals surface area contributed by atoms with Crippen LogP contribution in [0, 0.1) is 11.8 Å². The molecule has 0 aliphatic heterocycles. The van der Waals surface area contributed by atoms with Gasteiger partial charge in [0.05, 0.1) is 43.9 Å². The lowest BCUT2D eigenvalue weighted by Crippen LogP contribution is -2.31. The van der Waals surface area contributed by atoms with Crippen LogP contribution in [-0.2, 0) is 5.41 Å². The highest BCUT2D eigenvalue weighted by Crippen LogP contribution is 2.64. The molecule has 4 N–H and O–H groups in total. The standard InChI is InChI=1S/C51H50N8S6/c1-5-9-15-27(7-3)25-51(26-28(8-4)16-10-6-2)31-23-39(41-33(52)21-29(43-45(41)58-64-56-43)49-54-35-17-11-13-19-37(35)62-49)60-47(31)48-32(51)24-40(61-48)42-34(53)22-30(44-46(42)59-65-57-44)50-55-36-18-12-14-20-38(36)63-50/h11-14,17-24,27-28H,5-10,15-16,25-26,52-53H2,1-4H3. The Morgan fingerprint density at radius 1 is 0.538 bits per heavy atom. The van der Waals surface area contributed by atoms with Gasteiger partial charge in [0.15, 0.2) is 0 Å². The minimum atomic E-state index is -0.179. The van der Waals surface area contributed by atoms with Crippen molar-refractivity contribution in [3.05, 3.63) is 83.9 Å². The first-order chi connectivity index (χ1) is 31.8. The second kappa shape index (κ2) is 17.5. The lowest BCUT2D eigenvalue weighted by molar-refractivity contribution is 0.266. The van der Waals surface area contributed by atoms with Crippen molar-refractivity contribution in [3.8, 4) is 51.8 Å². The van der Waals surface area contributed by atoms with Crippen molar-refractivity contribution >= 4 is 123 Å². The SMILES string of the molecule is CCCCC(CC)CC1(CC(CC)CCCC)c2cc(-c3c(N)cc(-c4nc5ccccc5s4)c4nsnc34)sc2-c2sc(-c3c(N)cc(-c4nc5ccccc5s4)c4nsnc34)cc21. The molecular weight excluding hydrogens is 917 g/mol. The number of rotatable bonds is 16. The second-order valence-corrected chi connectivity index (χ2v) is 22.9. The first-order valence-corrected chi connectivity index (χ1v) is 27.7. The molecule has 4 aromatic carbocycles. The zero-order valence-electron chi connectivity index (χ0n) is 36.9. The minimum Gasteiger partial charge on any atom is -0.398 e. The number of para-hydroxylation sites is 2. The molecule has 11 rings (SSSR count). The van der Waals surface area contributed by atoms with Crippen LogP contribution in [0.5, 0.6) is 0 Å². The van der Waals surface area contributed by atoms with E-state index in [4.69, 9.17) is 38.9 Å². The van der Waals surface area contributed by atoms with Gasteiger partial charge in [-0.15, -0.1) is 45.3 Å². The molecule has 0 saturated carbocycles. The third-order valence-corrected chi connectivity index (χ3v) is 19.4. The summed E-state index contributed by atoms with van der Waals surface area (Å²) in [5.74, 6) is 1.17. The Morgan fingerprint density at radius 3 is 1.38 bits per heavy atom. The van der Waals surface area contributed by atoms with Gasteiger partial charge in [-0.25, -0.2) is 9.97 Å². The molecule has 0 amide bonds. The molecule has 6 heterocycles. The van der Waals surface area contributed by atoms with Gasteiger partial charge in [-0.2, -0.15) is 17.5 Å². The molecule has 14 heteroatoms. The lowest BCUT2D eigenvalue weighted by Gasteiger charge is -2.37. The molecule has 2 atom stereocenters. The minimum absolute atomic E-state index is 0.179. The van der Waals surface area contributed by atoms with Gasteiger partial charge < -0.3 is 11.5 Å². The number of aromatic nitrogens is 6. The maximum atomic E-state index is 7.21. The Hall–Kier alpha value is -4.70. The van der Waals surface area contributed by atoms with E-state index in [0.29, 0.717) is 23.2 Å². The molecule has 0 saturated heterocycles. The Balaban J connectivity index is 1.10. The van der Waals surface area contributed by atoms with Crippen LogP contribution in [0.15, 0.2) is 72.8 Å². The van der Waals surface area contributed by atoms with E-state index in [1.807, 2.05) is 34.8 Å². The number of anilines is 2. The zero-order chi connectivity index (χ0) is 44.4. The molecule has 0 radical (unpaired) electrons. The van der Waals surface area contributed by atoms with Crippen molar-refractivity contribution in [1.82, 2.24) is 27.5 Å². The first kappa shape index (κ1) is 42.9. The summed E-state index contributed by atoms with van der Waals surface area (Å²) in [6, 6.07) is 25.8. The summed E-state index contributed by atoms with van der Waals surface area (Å²) in [4.78, 5) is 15.0. The number of thiazole rings is 2. The van der Waals surface area contributed by atoms with E-state index in [9.17, 15) is 0 Å². The maximum Gasteiger partial charge on any atom is 0.126 e. The molecule has 1 aliphatic rings. The van der Waals surface area contributed by atoms with Crippen molar-refractivity contribution in [2.45, 2.75) is 97.3 Å². The quantitative estimate of drug-likeness (QED) is 0.0916. The van der Waals surface area contributed by atoms with Gasteiger partial charge in [-0.3, -0.25) is 0 Å². The van der Waals surface area contributed by atoms with Crippen molar-refractivity contribution in [2.75, 3.05) is 11.5 Å². The van der Waals surface area contributed by atoms with Gasteiger partial charge in [0.25, 0.3) is 0 Å². The number of fused-ring (bicyclic) bond motifs is 7. The fourth-order valence-corrected chi connectivity index (χ4v) is 16.3. The van der Waals surface area contributed by atoms with E-state index in [2.05, 4.69) is 88.4 Å². The van der Waals surface area contributed by atoms with Crippen LogP contribution in [0.2, 0.25) is 0 Å². The van der Waals surface area contributed by atoms with Crippen LogP contribution in [0.3, 0.4) is 0 Å². The van der Waals surface area contributed by atoms with E-state index in [1.54, 1.807) is 22.7 Å². The van der Waals surface area contributed by atoms with Crippen molar-refractivity contribution in [2.24, 2.45) is 11.8 Å². The lowest BCUT2D eigenvalue weighted by atomic mass is 9.65. The second-order valence-electron chi connectivity index (χ2n) is 17.7. The number of hydrogen-bond donors (Lipinski definition) is 2. The molecule has 2 unspecified atom stereocenters. The topological polar surface area (TPSA) is 129 Å². The summed E-state index contributed by atoms with van der Waals surface area (Å²) >= 11 is 9.60. The van der Waals surface area contributed by atoms with Crippen LogP contribution in [0.1, 0.15) is 103 Å². The Labute approximate surface area is 403 Å². The number of thiophene rings is 2. The van der Waals surface area contributed by atoms with Crippen LogP contribution in [0.4, 0.5) is 11.4 Å². The molecule has 10 aromatic rings. The predicted octanol–water partition coefficient (Wildman–Crippen LogP) is 16.4. The highest BCUT2D eigenvalue weighted by atomic mass is 32.1. The first-order valence-electron chi connectivity index (χ1n) is 22.9. The molecule has 1 aliphatic carbocycles. The molecule has 0 spiro atoms. The fraction of sp³-hybridized carbons (Fsp3) is 0.333. The summed E-state index contributed by atoms with van der Waals surface area (Å²) in [5.41, 5.74) is 27.8. The summed E-state index contributed by atoms with van der Waals surface area (Å²) in [6.45, 7) is 9.44. The van der Waals surface area contributed by atoms with E-state index < -0.39 is 0 Å². The predicted molar refractivity (Wildman–Crippen MR) is 283 cm³/mol. The summed E-state index contributed by atoms with van der Waals surface area (Å²) in [6.07, 6.45) is 11.9. The molecule has 330 valence electrons. The zero-order valence-corrected chi connectivity index (χ0v) is 41.8. The fourth-order valence-electron chi connectivity index (χ4n) is 10.4.